The van der Waals surface area contributed by atoms with E-state index in [9.17, 15) is 5.11 Å². The highest BCUT2D eigenvalue weighted by Gasteiger charge is 2.34. The third-order valence-electron chi connectivity index (χ3n) is 4.33. The number of benzene rings is 1. The van der Waals surface area contributed by atoms with E-state index < -0.39 is 0 Å². The number of nitrogens with zero attached hydrogens (tertiary/aromatic N) is 3. The minimum Gasteiger partial charge on any atom is -0.396 e. The fourth-order valence-corrected chi connectivity index (χ4v) is 3.58. The monoisotopic (exact) mass is 339 g/mol. The Morgan fingerprint density at radius 3 is 2.82 bits per heavy atom. The Kier molecular flexibility index (Phi) is 4.73. The standard InChI is InChI=1S/C16H19Cl2N3O/c1-20-6-12(5-19-20)14-9-21(8-13(14)10-22)7-11-3-2-4-15(17)16(11)18/h2-6,13-14,22H,7-10H2,1H3/t13-,14-/m0/s1. The van der Waals surface area contributed by atoms with Gasteiger partial charge in [0.15, 0.2) is 0 Å². The molecule has 3 rings (SSSR count). The summed E-state index contributed by atoms with van der Waals surface area (Å²) >= 11 is 12.4. The number of rotatable bonds is 4. The van der Waals surface area contributed by atoms with Crippen LogP contribution >= 0.6 is 23.2 Å². The molecule has 2 heterocycles. The van der Waals surface area contributed by atoms with Crippen molar-refractivity contribution in [3.63, 3.8) is 0 Å². The molecule has 2 aromatic rings. The lowest BCUT2D eigenvalue weighted by Crippen LogP contribution is -2.21. The van der Waals surface area contributed by atoms with Gasteiger partial charge in [-0.1, -0.05) is 35.3 Å². The Balaban J connectivity index is 1.75. The molecule has 22 heavy (non-hydrogen) atoms. The quantitative estimate of drug-likeness (QED) is 0.930. The third kappa shape index (κ3) is 3.15. The van der Waals surface area contributed by atoms with Gasteiger partial charge >= 0.3 is 0 Å². The summed E-state index contributed by atoms with van der Waals surface area (Å²) in [5, 5.41) is 15.1. The summed E-state index contributed by atoms with van der Waals surface area (Å²) in [5.41, 5.74) is 2.21. The van der Waals surface area contributed by atoms with Crippen molar-refractivity contribution in [2.75, 3.05) is 19.7 Å². The molecule has 0 unspecified atom stereocenters. The van der Waals surface area contributed by atoms with Gasteiger partial charge in [-0.3, -0.25) is 9.58 Å². The van der Waals surface area contributed by atoms with Crippen LogP contribution in [0.3, 0.4) is 0 Å². The normalized spacial score (nSPS) is 22.4. The lowest BCUT2D eigenvalue weighted by Gasteiger charge is -2.17. The molecule has 1 N–H and O–H groups in total. The second-order valence-electron chi connectivity index (χ2n) is 5.90. The van der Waals surface area contributed by atoms with Crippen LogP contribution in [0.1, 0.15) is 17.0 Å². The smallest absolute Gasteiger partial charge is 0.0637 e. The molecule has 1 aromatic carbocycles. The van der Waals surface area contributed by atoms with E-state index >= 15 is 0 Å². The van der Waals surface area contributed by atoms with Gasteiger partial charge in [-0.15, -0.1) is 0 Å². The van der Waals surface area contributed by atoms with Gasteiger partial charge in [-0.05, 0) is 17.2 Å². The van der Waals surface area contributed by atoms with Gasteiger partial charge in [0.1, 0.15) is 0 Å². The predicted octanol–water partition coefficient (Wildman–Crippen LogP) is 2.93. The summed E-state index contributed by atoms with van der Waals surface area (Å²) in [6, 6.07) is 5.72. The Hall–Kier alpha value is -1.07. The van der Waals surface area contributed by atoms with Crippen LogP contribution in [-0.4, -0.2) is 39.5 Å². The highest BCUT2D eigenvalue weighted by Crippen LogP contribution is 2.34. The van der Waals surface area contributed by atoms with Crippen molar-refractivity contribution in [1.29, 1.82) is 0 Å². The van der Waals surface area contributed by atoms with Crippen molar-refractivity contribution in [3.05, 3.63) is 51.8 Å². The first-order chi connectivity index (χ1) is 10.6. The topological polar surface area (TPSA) is 41.3 Å². The number of halogens is 2. The zero-order valence-electron chi connectivity index (χ0n) is 12.4. The lowest BCUT2D eigenvalue weighted by molar-refractivity contribution is 0.214. The van der Waals surface area contributed by atoms with Crippen LogP contribution < -0.4 is 0 Å². The molecule has 6 heteroatoms. The predicted molar refractivity (Wildman–Crippen MR) is 88.3 cm³/mol. The Labute approximate surface area is 140 Å². The van der Waals surface area contributed by atoms with Crippen molar-refractivity contribution in [1.82, 2.24) is 14.7 Å². The fourth-order valence-electron chi connectivity index (χ4n) is 3.20. The molecule has 1 aliphatic rings. The van der Waals surface area contributed by atoms with Crippen LogP contribution in [0.15, 0.2) is 30.6 Å². The molecule has 1 aromatic heterocycles. The molecule has 0 saturated carbocycles. The van der Waals surface area contributed by atoms with Gasteiger partial charge in [0.25, 0.3) is 0 Å². The summed E-state index contributed by atoms with van der Waals surface area (Å²) < 4.78 is 1.81. The lowest BCUT2D eigenvalue weighted by atomic mass is 9.92. The van der Waals surface area contributed by atoms with Gasteiger partial charge in [-0.2, -0.15) is 5.10 Å². The molecule has 1 saturated heterocycles. The number of hydrogen-bond acceptors (Lipinski definition) is 3. The maximum Gasteiger partial charge on any atom is 0.0637 e. The minimum atomic E-state index is 0.180. The van der Waals surface area contributed by atoms with E-state index in [2.05, 4.69) is 10.00 Å². The fraction of sp³-hybridized carbons (Fsp3) is 0.438. The highest BCUT2D eigenvalue weighted by molar-refractivity contribution is 6.42. The Bertz CT molecular complexity index is 659. The molecule has 4 nitrogen and oxygen atoms in total. The Morgan fingerprint density at radius 1 is 1.32 bits per heavy atom. The number of likely N-dealkylation sites (tertiary alicyclic amines) is 1. The van der Waals surface area contributed by atoms with E-state index in [1.807, 2.05) is 31.6 Å². The molecule has 0 aliphatic carbocycles. The van der Waals surface area contributed by atoms with Crippen LogP contribution in [0.4, 0.5) is 0 Å². The first-order valence-corrected chi connectivity index (χ1v) is 8.08. The summed E-state index contributed by atoms with van der Waals surface area (Å²) in [6.45, 7) is 2.66. The van der Waals surface area contributed by atoms with Gasteiger partial charge in [-0.25, -0.2) is 0 Å². The van der Waals surface area contributed by atoms with Gasteiger partial charge < -0.3 is 5.11 Å². The number of hydrogen-bond donors (Lipinski definition) is 1. The van der Waals surface area contributed by atoms with Crippen molar-refractivity contribution < 1.29 is 5.11 Å². The maximum atomic E-state index is 9.69. The second kappa shape index (κ2) is 6.59. The van der Waals surface area contributed by atoms with Crippen molar-refractivity contribution >= 4 is 23.2 Å². The molecule has 118 valence electrons. The summed E-state index contributed by atoms with van der Waals surface area (Å²) in [5.74, 6) is 0.527. The average molecular weight is 340 g/mol. The largest absolute Gasteiger partial charge is 0.396 e. The number of aromatic nitrogens is 2. The van der Waals surface area contributed by atoms with Crippen LogP contribution in [0, 0.1) is 5.92 Å². The Morgan fingerprint density at radius 2 is 2.14 bits per heavy atom. The van der Waals surface area contributed by atoms with E-state index in [0.29, 0.717) is 16.0 Å². The van der Waals surface area contributed by atoms with Crippen LogP contribution in [0.25, 0.3) is 0 Å². The van der Waals surface area contributed by atoms with Crippen LogP contribution in [-0.2, 0) is 13.6 Å². The van der Waals surface area contributed by atoms with E-state index in [-0.39, 0.29) is 12.5 Å². The first-order valence-electron chi connectivity index (χ1n) is 7.33. The second-order valence-corrected chi connectivity index (χ2v) is 6.69. The molecule has 1 fully saturated rings. The molecule has 2 atom stereocenters. The zero-order chi connectivity index (χ0) is 15.7. The SMILES string of the molecule is Cn1cc([C@@H]2CN(Cc3cccc(Cl)c3Cl)C[C@H]2CO)cn1. The number of aliphatic hydroxyl groups excluding tert-OH is 1. The van der Waals surface area contributed by atoms with Crippen molar-refractivity contribution in [3.8, 4) is 0 Å². The molecule has 0 radical (unpaired) electrons. The van der Waals surface area contributed by atoms with Crippen LogP contribution in [0.5, 0.6) is 0 Å². The minimum absolute atomic E-state index is 0.180. The van der Waals surface area contributed by atoms with E-state index in [1.54, 1.807) is 10.7 Å². The summed E-state index contributed by atoms with van der Waals surface area (Å²) in [6.07, 6.45) is 3.92. The van der Waals surface area contributed by atoms with E-state index in [1.165, 1.54) is 5.56 Å². The van der Waals surface area contributed by atoms with Crippen molar-refractivity contribution in [2.45, 2.75) is 12.5 Å². The third-order valence-corrected chi connectivity index (χ3v) is 5.19. The molecule has 0 amide bonds. The molecule has 1 aliphatic heterocycles. The van der Waals surface area contributed by atoms with Crippen LogP contribution in [0.2, 0.25) is 10.0 Å². The average Bonchev–Trinajstić information content (AvgIpc) is 3.10. The van der Waals surface area contributed by atoms with E-state index in [4.69, 9.17) is 23.2 Å². The molecular formula is C16H19Cl2N3O. The van der Waals surface area contributed by atoms with Crippen molar-refractivity contribution in [2.24, 2.45) is 13.0 Å². The molecule has 0 bridgehead atoms. The summed E-state index contributed by atoms with van der Waals surface area (Å²) in [7, 11) is 1.91. The molecular weight excluding hydrogens is 321 g/mol. The first kappa shape index (κ1) is 15.8. The zero-order valence-corrected chi connectivity index (χ0v) is 13.9. The van der Waals surface area contributed by atoms with E-state index in [0.717, 1.165) is 25.2 Å². The molecule has 0 spiro atoms. The van der Waals surface area contributed by atoms with Gasteiger partial charge in [0, 0.05) is 51.3 Å². The van der Waals surface area contributed by atoms with Gasteiger partial charge in [0.05, 0.1) is 16.2 Å². The number of aliphatic hydroxyl groups is 1. The maximum absolute atomic E-state index is 9.69. The van der Waals surface area contributed by atoms with Gasteiger partial charge in [0.2, 0.25) is 0 Å². The number of aryl methyl sites for hydroxylation is 1. The highest BCUT2D eigenvalue weighted by atomic mass is 35.5. The summed E-state index contributed by atoms with van der Waals surface area (Å²) in [4.78, 5) is 2.32.